The number of benzene rings is 2. The molecule has 2 aromatic heterocycles. The minimum Gasteiger partial charge on any atom is -0.360 e. The monoisotopic (exact) mass is 331 g/mol. The Hall–Kier alpha value is -2.85. The van der Waals surface area contributed by atoms with E-state index in [0.717, 1.165) is 44.7 Å². The van der Waals surface area contributed by atoms with E-state index in [1.807, 2.05) is 63.2 Å². The number of fused-ring (bicyclic) bond motifs is 1. The third-order valence-corrected chi connectivity index (χ3v) is 4.51. The van der Waals surface area contributed by atoms with Gasteiger partial charge in [0.05, 0.1) is 11.3 Å². The average Bonchev–Trinajstić information content (AvgIpc) is 3.15. The molecule has 0 aliphatic carbocycles. The number of hydrogen-bond donors (Lipinski definition) is 2. The number of nitrogens with zero attached hydrogens (tertiary/aromatic N) is 1. The molecule has 0 atom stereocenters. The van der Waals surface area contributed by atoms with Crippen LogP contribution < -0.4 is 5.73 Å². The first-order chi connectivity index (χ1) is 12.0. The smallest absolute Gasteiger partial charge is 0.143 e. The summed E-state index contributed by atoms with van der Waals surface area (Å²) in [6.45, 7) is 5.99. The summed E-state index contributed by atoms with van der Waals surface area (Å²) < 4.78 is 5.56. The zero-order valence-corrected chi connectivity index (χ0v) is 14.6. The van der Waals surface area contributed by atoms with Crippen LogP contribution in [0.1, 0.15) is 25.2 Å². The highest BCUT2D eigenvalue weighted by atomic mass is 16.5. The van der Waals surface area contributed by atoms with Gasteiger partial charge in [-0.15, -0.1) is 0 Å². The SMILES string of the molecule is Cc1onc(-c2ccccc2)c1-c1[nH]c2ccccc2c1C(C)(C)N. The van der Waals surface area contributed by atoms with E-state index in [0.29, 0.717) is 0 Å². The average molecular weight is 331 g/mol. The number of aromatic nitrogens is 2. The Morgan fingerprint density at radius 1 is 1.00 bits per heavy atom. The number of nitrogens with one attached hydrogen (secondary N) is 1. The highest BCUT2D eigenvalue weighted by molar-refractivity contribution is 5.95. The summed E-state index contributed by atoms with van der Waals surface area (Å²) in [7, 11) is 0. The first kappa shape index (κ1) is 15.7. The first-order valence-corrected chi connectivity index (χ1v) is 8.39. The van der Waals surface area contributed by atoms with Crippen molar-refractivity contribution in [1.82, 2.24) is 10.1 Å². The van der Waals surface area contributed by atoms with Gasteiger partial charge in [-0.3, -0.25) is 0 Å². The van der Waals surface area contributed by atoms with Gasteiger partial charge in [-0.05, 0) is 26.8 Å². The lowest BCUT2D eigenvalue weighted by molar-refractivity contribution is 0.400. The summed E-state index contributed by atoms with van der Waals surface area (Å²) in [5, 5.41) is 5.45. The predicted molar refractivity (Wildman–Crippen MR) is 101 cm³/mol. The lowest BCUT2D eigenvalue weighted by atomic mass is 9.89. The minimum absolute atomic E-state index is 0.507. The molecule has 0 saturated heterocycles. The van der Waals surface area contributed by atoms with Gasteiger partial charge in [0.25, 0.3) is 0 Å². The van der Waals surface area contributed by atoms with Gasteiger partial charge < -0.3 is 15.2 Å². The maximum Gasteiger partial charge on any atom is 0.143 e. The number of nitrogens with two attached hydrogens (primary N) is 1. The molecule has 0 fully saturated rings. The van der Waals surface area contributed by atoms with E-state index >= 15 is 0 Å². The van der Waals surface area contributed by atoms with Gasteiger partial charge in [-0.25, -0.2) is 0 Å². The molecule has 4 nitrogen and oxygen atoms in total. The molecule has 126 valence electrons. The number of hydrogen-bond acceptors (Lipinski definition) is 3. The summed E-state index contributed by atoms with van der Waals surface area (Å²) in [6.07, 6.45) is 0. The van der Waals surface area contributed by atoms with Crippen LogP contribution in [0.3, 0.4) is 0 Å². The van der Waals surface area contributed by atoms with Gasteiger partial charge in [0, 0.05) is 27.6 Å². The summed E-state index contributed by atoms with van der Waals surface area (Å²) in [5.74, 6) is 0.774. The molecule has 0 radical (unpaired) electrons. The second kappa shape index (κ2) is 5.60. The Balaban J connectivity index is 2.06. The summed E-state index contributed by atoms with van der Waals surface area (Å²) in [4.78, 5) is 3.54. The van der Waals surface area contributed by atoms with Crippen molar-refractivity contribution in [2.24, 2.45) is 5.73 Å². The number of rotatable bonds is 3. The maximum absolute atomic E-state index is 6.54. The van der Waals surface area contributed by atoms with Crippen LogP contribution in [0.4, 0.5) is 0 Å². The molecule has 0 spiro atoms. The van der Waals surface area contributed by atoms with E-state index in [1.54, 1.807) is 0 Å². The molecule has 2 aromatic carbocycles. The van der Waals surface area contributed by atoms with Crippen LogP contribution >= 0.6 is 0 Å². The quantitative estimate of drug-likeness (QED) is 0.555. The van der Waals surface area contributed by atoms with Gasteiger partial charge >= 0.3 is 0 Å². The van der Waals surface area contributed by atoms with Gasteiger partial charge in [0.15, 0.2) is 0 Å². The fourth-order valence-electron chi connectivity index (χ4n) is 3.46. The van der Waals surface area contributed by atoms with Crippen molar-refractivity contribution >= 4 is 10.9 Å². The summed E-state index contributed by atoms with van der Waals surface area (Å²) in [6, 6.07) is 18.3. The molecule has 3 N–H and O–H groups in total. The molecule has 0 aliphatic rings. The van der Waals surface area contributed by atoms with Gasteiger partial charge in [-0.1, -0.05) is 53.7 Å². The molecule has 0 bridgehead atoms. The van der Waals surface area contributed by atoms with E-state index in [9.17, 15) is 0 Å². The van der Waals surface area contributed by atoms with Crippen LogP contribution in [-0.4, -0.2) is 10.1 Å². The zero-order valence-electron chi connectivity index (χ0n) is 14.6. The largest absolute Gasteiger partial charge is 0.360 e. The molecule has 4 aromatic rings. The van der Waals surface area contributed by atoms with Crippen molar-refractivity contribution in [2.45, 2.75) is 26.3 Å². The Morgan fingerprint density at radius 3 is 2.40 bits per heavy atom. The molecule has 2 heterocycles. The van der Waals surface area contributed by atoms with Crippen LogP contribution in [0.5, 0.6) is 0 Å². The van der Waals surface area contributed by atoms with E-state index in [-0.39, 0.29) is 0 Å². The third kappa shape index (κ3) is 2.55. The zero-order chi connectivity index (χ0) is 17.6. The molecule has 25 heavy (non-hydrogen) atoms. The molecule has 0 aliphatic heterocycles. The van der Waals surface area contributed by atoms with Gasteiger partial charge in [-0.2, -0.15) is 0 Å². The number of aryl methyl sites for hydroxylation is 1. The number of H-pyrrole nitrogens is 1. The molecule has 0 amide bonds. The van der Waals surface area contributed by atoms with Crippen molar-refractivity contribution < 1.29 is 4.52 Å². The van der Waals surface area contributed by atoms with Crippen LogP contribution in [0.15, 0.2) is 59.1 Å². The lowest BCUT2D eigenvalue weighted by Gasteiger charge is -2.20. The molecule has 4 rings (SSSR count). The molecular weight excluding hydrogens is 310 g/mol. The maximum atomic E-state index is 6.54. The number of para-hydroxylation sites is 1. The normalized spacial score (nSPS) is 12.0. The first-order valence-electron chi connectivity index (χ1n) is 8.39. The van der Waals surface area contributed by atoms with Crippen LogP contribution in [0, 0.1) is 6.92 Å². The van der Waals surface area contributed by atoms with Gasteiger partial charge in [0.2, 0.25) is 0 Å². The fraction of sp³-hybridized carbons (Fsp3) is 0.190. The third-order valence-electron chi connectivity index (χ3n) is 4.51. The lowest BCUT2D eigenvalue weighted by Crippen LogP contribution is -2.29. The van der Waals surface area contributed by atoms with Crippen molar-refractivity contribution in [3.63, 3.8) is 0 Å². The Labute approximate surface area is 146 Å². The van der Waals surface area contributed by atoms with Crippen LogP contribution in [0.25, 0.3) is 33.4 Å². The van der Waals surface area contributed by atoms with Crippen molar-refractivity contribution in [2.75, 3.05) is 0 Å². The van der Waals surface area contributed by atoms with E-state index in [1.165, 1.54) is 0 Å². The number of aromatic amines is 1. The van der Waals surface area contributed by atoms with Crippen LogP contribution in [-0.2, 0) is 5.54 Å². The van der Waals surface area contributed by atoms with E-state index < -0.39 is 5.54 Å². The van der Waals surface area contributed by atoms with E-state index in [4.69, 9.17) is 10.3 Å². The van der Waals surface area contributed by atoms with Crippen LogP contribution in [0.2, 0.25) is 0 Å². The fourth-order valence-corrected chi connectivity index (χ4v) is 3.46. The van der Waals surface area contributed by atoms with Crippen molar-refractivity contribution in [1.29, 1.82) is 0 Å². The Kier molecular flexibility index (Phi) is 3.51. The minimum atomic E-state index is -0.507. The topological polar surface area (TPSA) is 67.8 Å². The Morgan fingerprint density at radius 2 is 1.68 bits per heavy atom. The predicted octanol–water partition coefficient (Wildman–Crippen LogP) is 4.99. The van der Waals surface area contributed by atoms with Gasteiger partial charge in [0.1, 0.15) is 11.5 Å². The molecule has 0 unspecified atom stereocenters. The highest BCUT2D eigenvalue weighted by Gasteiger charge is 2.28. The molecular formula is C21H21N3O. The van der Waals surface area contributed by atoms with E-state index in [2.05, 4.69) is 22.3 Å². The summed E-state index contributed by atoms with van der Waals surface area (Å²) >= 11 is 0. The second-order valence-electron chi connectivity index (χ2n) is 6.97. The second-order valence-corrected chi connectivity index (χ2v) is 6.97. The van der Waals surface area contributed by atoms with Crippen molar-refractivity contribution in [3.05, 3.63) is 65.9 Å². The highest BCUT2D eigenvalue weighted by Crippen LogP contribution is 2.41. The standard InChI is InChI=1S/C21H21N3O/c1-13-17(19(24-25-13)14-9-5-4-6-10-14)20-18(21(2,3)22)15-11-7-8-12-16(15)23-20/h4-12,23H,22H2,1-3H3. The molecule has 0 saturated carbocycles. The Bertz CT molecular complexity index is 1040. The molecule has 4 heteroatoms. The van der Waals surface area contributed by atoms with Crippen molar-refractivity contribution in [3.8, 4) is 22.5 Å². The summed E-state index contributed by atoms with van der Waals surface area (Å²) in [5.41, 5.74) is 12.0.